The third-order valence-electron chi connectivity index (χ3n) is 2.10. The van der Waals surface area contributed by atoms with Crippen molar-refractivity contribution >= 4 is 11.6 Å². The summed E-state index contributed by atoms with van der Waals surface area (Å²) in [7, 11) is 0. The molecular formula is C10H11N5O. The van der Waals surface area contributed by atoms with Crippen molar-refractivity contribution in [2.24, 2.45) is 5.73 Å². The molecule has 0 aliphatic carbocycles. The largest absolute Gasteiger partial charge is 0.396 e. The summed E-state index contributed by atoms with van der Waals surface area (Å²) in [6, 6.07) is 3.34. The highest BCUT2D eigenvalue weighted by molar-refractivity contribution is 5.95. The van der Waals surface area contributed by atoms with Gasteiger partial charge in [-0.2, -0.15) is 5.10 Å². The number of aromatic nitrogens is 3. The van der Waals surface area contributed by atoms with E-state index in [1.54, 1.807) is 18.3 Å². The highest BCUT2D eigenvalue weighted by atomic mass is 16.1. The summed E-state index contributed by atoms with van der Waals surface area (Å²) >= 11 is 0. The predicted molar refractivity (Wildman–Crippen MR) is 59.0 cm³/mol. The van der Waals surface area contributed by atoms with E-state index in [2.05, 4.69) is 10.1 Å². The number of nitrogens with zero attached hydrogens (tertiary/aromatic N) is 3. The van der Waals surface area contributed by atoms with Crippen LogP contribution in [0.3, 0.4) is 0 Å². The average molecular weight is 217 g/mol. The summed E-state index contributed by atoms with van der Waals surface area (Å²) in [5.74, 6) is -0.152. The second kappa shape index (κ2) is 3.65. The van der Waals surface area contributed by atoms with Gasteiger partial charge in [-0.15, -0.1) is 0 Å². The fraction of sp³-hybridized carbons (Fsp3) is 0.100. The van der Waals surface area contributed by atoms with E-state index in [1.807, 2.05) is 6.92 Å². The van der Waals surface area contributed by atoms with Gasteiger partial charge in [0.15, 0.2) is 5.82 Å². The topological polar surface area (TPSA) is 99.8 Å². The molecule has 0 aliphatic rings. The minimum atomic E-state index is -0.545. The SMILES string of the molecule is Cc1ccc(C(N)=O)c(-n2cc(N)cn2)n1. The molecule has 2 rings (SSSR count). The van der Waals surface area contributed by atoms with Crippen molar-refractivity contribution in [2.45, 2.75) is 6.92 Å². The number of rotatable bonds is 2. The van der Waals surface area contributed by atoms with E-state index in [4.69, 9.17) is 11.5 Å². The summed E-state index contributed by atoms with van der Waals surface area (Å²) in [5.41, 5.74) is 12.4. The number of amides is 1. The van der Waals surface area contributed by atoms with Gasteiger partial charge in [-0.3, -0.25) is 4.79 Å². The van der Waals surface area contributed by atoms with Gasteiger partial charge in [-0.05, 0) is 19.1 Å². The Kier molecular flexibility index (Phi) is 2.32. The van der Waals surface area contributed by atoms with Gasteiger partial charge < -0.3 is 11.5 Å². The van der Waals surface area contributed by atoms with Gasteiger partial charge >= 0.3 is 0 Å². The number of aryl methyl sites for hydroxylation is 1. The normalized spacial score (nSPS) is 10.3. The smallest absolute Gasteiger partial charge is 0.252 e. The van der Waals surface area contributed by atoms with Gasteiger partial charge in [0.05, 0.1) is 23.6 Å². The molecule has 6 heteroatoms. The van der Waals surface area contributed by atoms with Gasteiger partial charge in [0.1, 0.15) is 0 Å². The second-order valence-electron chi connectivity index (χ2n) is 3.41. The van der Waals surface area contributed by atoms with Crippen LogP contribution in [0.25, 0.3) is 5.82 Å². The van der Waals surface area contributed by atoms with Crippen molar-refractivity contribution in [3.63, 3.8) is 0 Å². The van der Waals surface area contributed by atoms with Crippen molar-refractivity contribution in [3.8, 4) is 5.82 Å². The number of carbonyl (C=O) groups excluding carboxylic acids is 1. The van der Waals surface area contributed by atoms with Crippen molar-refractivity contribution in [1.82, 2.24) is 14.8 Å². The number of hydrogen-bond acceptors (Lipinski definition) is 4. The Morgan fingerprint density at radius 1 is 1.44 bits per heavy atom. The molecule has 0 spiro atoms. The van der Waals surface area contributed by atoms with E-state index in [-0.39, 0.29) is 0 Å². The molecule has 2 aromatic rings. The van der Waals surface area contributed by atoms with Crippen LogP contribution in [-0.4, -0.2) is 20.7 Å². The lowest BCUT2D eigenvalue weighted by atomic mass is 10.2. The number of carbonyl (C=O) groups is 1. The quantitative estimate of drug-likeness (QED) is 0.753. The number of nitrogens with two attached hydrogens (primary N) is 2. The predicted octanol–water partition coefficient (Wildman–Crippen LogP) is 0.257. The first-order chi connectivity index (χ1) is 7.58. The fourth-order valence-corrected chi connectivity index (χ4v) is 1.36. The van der Waals surface area contributed by atoms with Crippen molar-refractivity contribution in [1.29, 1.82) is 0 Å². The fourth-order valence-electron chi connectivity index (χ4n) is 1.36. The maximum atomic E-state index is 11.2. The molecule has 0 bridgehead atoms. The molecule has 6 nitrogen and oxygen atoms in total. The highest BCUT2D eigenvalue weighted by Gasteiger charge is 2.12. The molecular weight excluding hydrogens is 206 g/mol. The van der Waals surface area contributed by atoms with Gasteiger partial charge in [-0.25, -0.2) is 9.67 Å². The van der Waals surface area contributed by atoms with Crippen LogP contribution >= 0.6 is 0 Å². The van der Waals surface area contributed by atoms with Crippen LogP contribution in [0.2, 0.25) is 0 Å². The van der Waals surface area contributed by atoms with Gasteiger partial charge in [0, 0.05) is 5.69 Å². The van der Waals surface area contributed by atoms with Crippen molar-refractivity contribution in [3.05, 3.63) is 35.8 Å². The van der Waals surface area contributed by atoms with E-state index < -0.39 is 5.91 Å². The minimum Gasteiger partial charge on any atom is -0.396 e. The number of nitrogen functional groups attached to an aromatic ring is 1. The lowest BCUT2D eigenvalue weighted by Gasteiger charge is -2.06. The third kappa shape index (κ3) is 1.72. The molecule has 0 aromatic carbocycles. The molecule has 0 atom stereocenters. The molecule has 2 heterocycles. The summed E-state index contributed by atoms with van der Waals surface area (Å²) in [4.78, 5) is 15.4. The molecule has 1 amide bonds. The molecule has 82 valence electrons. The van der Waals surface area contributed by atoms with Crippen molar-refractivity contribution < 1.29 is 4.79 Å². The minimum absolute atomic E-state index is 0.314. The van der Waals surface area contributed by atoms with Crippen molar-refractivity contribution in [2.75, 3.05) is 5.73 Å². The Morgan fingerprint density at radius 3 is 2.75 bits per heavy atom. The molecule has 0 radical (unpaired) electrons. The Morgan fingerprint density at radius 2 is 2.19 bits per heavy atom. The average Bonchev–Trinajstić information content (AvgIpc) is 2.64. The van der Waals surface area contributed by atoms with Crippen LogP contribution in [0.4, 0.5) is 5.69 Å². The first-order valence-corrected chi connectivity index (χ1v) is 4.66. The van der Waals surface area contributed by atoms with Crippen LogP contribution < -0.4 is 11.5 Å². The highest BCUT2D eigenvalue weighted by Crippen LogP contribution is 2.13. The van der Waals surface area contributed by atoms with Crippen LogP contribution in [0.1, 0.15) is 16.1 Å². The van der Waals surface area contributed by atoms with E-state index in [0.717, 1.165) is 5.69 Å². The van der Waals surface area contributed by atoms with Crippen LogP contribution in [-0.2, 0) is 0 Å². The molecule has 4 N–H and O–H groups in total. The third-order valence-corrected chi connectivity index (χ3v) is 2.10. The van der Waals surface area contributed by atoms with E-state index in [9.17, 15) is 4.79 Å². The van der Waals surface area contributed by atoms with Crippen LogP contribution in [0.15, 0.2) is 24.5 Å². The Bertz CT molecular complexity index is 546. The van der Waals surface area contributed by atoms with E-state index in [0.29, 0.717) is 17.1 Å². The lowest BCUT2D eigenvalue weighted by molar-refractivity contribution is 0.1000. The standard InChI is InChI=1S/C10H11N5O/c1-6-2-3-8(9(12)16)10(14-6)15-5-7(11)4-13-15/h2-5H,11H2,1H3,(H2,12,16). The van der Waals surface area contributed by atoms with E-state index in [1.165, 1.54) is 10.9 Å². The number of hydrogen-bond donors (Lipinski definition) is 2. The zero-order valence-corrected chi connectivity index (χ0v) is 8.71. The Labute approximate surface area is 91.9 Å². The first kappa shape index (κ1) is 10.2. The summed E-state index contributed by atoms with van der Waals surface area (Å²) in [6.07, 6.45) is 3.06. The molecule has 0 unspecified atom stereocenters. The molecule has 0 saturated heterocycles. The zero-order chi connectivity index (χ0) is 11.7. The Hall–Kier alpha value is -2.37. The van der Waals surface area contributed by atoms with Gasteiger partial charge in [0.2, 0.25) is 0 Å². The zero-order valence-electron chi connectivity index (χ0n) is 8.71. The van der Waals surface area contributed by atoms with E-state index >= 15 is 0 Å². The maximum Gasteiger partial charge on any atom is 0.252 e. The molecule has 0 fully saturated rings. The number of primary amides is 1. The van der Waals surface area contributed by atoms with Crippen LogP contribution in [0, 0.1) is 6.92 Å². The summed E-state index contributed by atoms with van der Waals surface area (Å²) in [5, 5.41) is 3.99. The Balaban J connectivity index is 2.62. The summed E-state index contributed by atoms with van der Waals surface area (Å²) < 4.78 is 1.43. The maximum absolute atomic E-state index is 11.2. The first-order valence-electron chi connectivity index (χ1n) is 4.66. The van der Waals surface area contributed by atoms with Gasteiger partial charge in [0.25, 0.3) is 5.91 Å². The molecule has 16 heavy (non-hydrogen) atoms. The van der Waals surface area contributed by atoms with Gasteiger partial charge in [-0.1, -0.05) is 0 Å². The second-order valence-corrected chi connectivity index (χ2v) is 3.41. The molecule has 0 saturated carbocycles. The number of pyridine rings is 1. The molecule has 0 aliphatic heterocycles. The lowest BCUT2D eigenvalue weighted by Crippen LogP contribution is -2.16. The summed E-state index contributed by atoms with van der Waals surface area (Å²) in [6.45, 7) is 1.82. The van der Waals surface area contributed by atoms with Crippen LogP contribution in [0.5, 0.6) is 0 Å². The monoisotopic (exact) mass is 217 g/mol. The molecule has 2 aromatic heterocycles. The number of anilines is 1.